The quantitative estimate of drug-likeness (QED) is 0.460. The van der Waals surface area contributed by atoms with Gasteiger partial charge in [0, 0.05) is 12.6 Å². The third kappa shape index (κ3) is 3.22. The molecular weight excluding hydrogens is 426 g/mol. The molecule has 0 unspecified atom stereocenters. The van der Waals surface area contributed by atoms with Crippen molar-refractivity contribution in [3.63, 3.8) is 0 Å². The number of hydrogen-bond donors (Lipinski definition) is 1. The molecule has 2 aromatic heterocycles. The van der Waals surface area contributed by atoms with Gasteiger partial charge in [-0.2, -0.15) is 13.2 Å². The number of anilines is 1. The van der Waals surface area contributed by atoms with Gasteiger partial charge in [-0.25, -0.2) is 14.4 Å². The van der Waals surface area contributed by atoms with Crippen LogP contribution in [0.5, 0.6) is 0 Å². The summed E-state index contributed by atoms with van der Waals surface area (Å²) in [7, 11) is 0. The standard InChI is InChI=1S/C22H17F4N5O/c23-15-9-16-18(31-11-28-10-19(31)20(27)29-16)8-14(15)21(32)30-7-1-2-17(30)12-3-5-13(6-4-12)22(24,25)26/h3-6,8-11,17H,1-2,7H2,(H2,27,29)/t17-/m0/s1. The van der Waals surface area contributed by atoms with E-state index in [0.717, 1.165) is 18.2 Å². The number of aromatic nitrogens is 3. The zero-order valence-electron chi connectivity index (χ0n) is 16.6. The van der Waals surface area contributed by atoms with E-state index in [0.29, 0.717) is 36.0 Å². The summed E-state index contributed by atoms with van der Waals surface area (Å²) in [5, 5.41) is 0. The van der Waals surface area contributed by atoms with Gasteiger partial charge in [-0.1, -0.05) is 12.1 Å². The van der Waals surface area contributed by atoms with Gasteiger partial charge in [0.2, 0.25) is 0 Å². The molecule has 0 aliphatic carbocycles. The molecule has 1 fully saturated rings. The average Bonchev–Trinajstić information content (AvgIpc) is 3.43. The first kappa shape index (κ1) is 20.2. The fourth-order valence-electron chi connectivity index (χ4n) is 4.27. The number of nitrogens with two attached hydrogens (primary N) is 1. The number of amides is 1. The molecule has 0 radical (unpaired) electrons. The molecule has 6 nitrogen and oxygen atoms in total. The molecule has 164 valence electrons. The maximum Gasteiger partial charge on any atom is 0.416 e. The Kier molecular flexibility index (Phi) is 4.54. The van der Waals surface area contributed by atoms with Crippen LogP contribution < -0.4 is 5.73 Å². The Morgan fingerprint density at radius 2 is 1.88 bits per heavy atom. The zero-order chi connectivity index (χ0) is 22.6. The van der Waals surface area contributed by atoms with Crippen LogP contribution in [0.25, 0.3) is 16.6 Å². The molecule has 0 bridgehead atoms. The number of fused-ring (bicyclic) bond motifs is 3. The Hall–Kier alpha value is -3.69. The largest absolute Gasteiger partial charge is 0.416 e. The van der Waals surface area contributed by atoms with E-state index in [1.807, 2.05) is 0 Å². The number of alkyl halides is 3. The van der Waals surface area contributed by atoms with Crippen molar-refractivity contribution in [2.75, 3.05) is 12.3 Å². The van der Waals surface area contributed by atoms with Crippen LogP contribution in [0.2, 0.25) is 0 Å². The van der Waals surface area contributed by atoms with Gasteiger partial charge in [0.25, 0.3) is 5.91 Å². The Morgan fingerprint density at radius 3 is 2.59 bits per heavy atom. The second-order valence-electron chi connectivity index (χ2n) is 7.74. The van der Waals surface area contributed by atoms with Crippen LogP contribution in [-0.4, -0.2) is 31.7 Å². The Morgan fingerprint density at radius 1 is 1.12 bits per heavy atom. The van der Waals surface area contributed by atoms with Crippen molar-refractivity contribution < 1.29 is 22.4 Å². The van der Waals surface area contributed by atoms with Crippen LogP contribution in [0.1, 0.15) is 40.4 Å². The molecule has 0 spiro atoms. The van der Waals surface area contributed by atoms with Crippen LogP contribution in [0.4, 0.5) is 23.4 Å². The van der Waals surface area contributed by atoms with E-state index in [-0.39, 0.29) is 16.9 Å². The topological polar surface area (TPSA) is 76.5 Å². The normalized spacial score (nSPS) is 16.9. The van der Waals surface area contributed by atoms with Crippen LogP contribution in [0.3, 0.4) is 0 Å². The first-order valence-electron chi connectivity index (χ1n) is 9.93. The summed E-state index contributed by atoms with van der Waals surface area (Å²) in [4.78, 5) is 23.0. The summed E-state index contributed by atoms with van der Waals surface area (Å²) in [6.07, 6.45) is -0.170. The fraction of sp³-hybridized carbons (Fsp3) is 0.227. The predicted molar refractivity (Wildman–Crippen MR) is 109 cm³/mol. The highest BCUT2D eigenvalue weighted by molar-refractivity contribution is 5.98. The summed E-state index contributed by atoms with van der Waals surface area (Å²) >= 11 is 0. The van der Waals surface area contributed by atoms with Gasteiger partial charge in [0.1, 0.15) is 17.2 Å². The lowest BCUT2D eigenvalue weighted by molar-refractivity contribution is -0.137. The third-order valence-electron chi connectivity index (χ3n) is 5.83. The predicted octanol–water partition coefficient (Wildman–Crippen LogP) is 4.60. The van der Waals surface area contributed by atoms with Gasteiger partial charge in [0.15, 0.2) is 0 Å². The van der Waals surface area contributed by atoms with E-state index >= 15 is 0 Å². The van der Waals surface area contributed by atoms with E-state index in [9.17, 15) is 22.4 Å². The Labute approximate surface area is 179 Å². The Bertz CT molecular complexity index is 1350. The zero-order valence-corrected chi connectivity index (χ0v) is 16.6. The minimum atomic E-state index is -4.44. The number of hydrogen-bond acceptors (Lipinski definition) is 4. The number of nitrogens with zero attached hydrogens (tertiary/aromatic N) is 4. The lowest BCUT2D eigenvalue weighted by atomic mass is 10.0. The smallest absolute Gasteiger partial charge is 0.382 e. The van der Waals surface area contributed by atoms with Gasteiger partial charge >= 0.3 is 6.18 Å². The highest BCUT2D eigenvalue weighted by Crippen LogP contribution is 2.36. The minimum absolute atomic E-state index is 0.141. The molecular formula is C22H17F4N5O. The number of carbonyl (C=O) groups is 1. The summed E-state index contributed by atoms with van der Waals surface area (Å²) in [5.74, 6) is -1.08. The first-order valence-corrected chi connectivity index (χ1v) is 9.93. The summed E-state index contributed by atoms with van der Waals surface area (Å²) in [6, 6.07) is 6.88. The van der Waals surface area contributed by atoms with Crippen molar-refractivity contribution in [2.45, 2.75) is 25.1 Å². The van der Waals surface area contributed by atoms with Gasteiger partial charge in [-0.05, 0) is 36.6 Å². The van der Waals surface area contributed by atoms with Crippen molar-refractivity contribution in [2.24, 2.45) is 0 Å². The summed E-state index contributed by atoms with van der Waals surface area (Å²) in [5.41, 5.74) is 6.87. The van der Waals surface area contributed by atoms with Gasteiger partial charge in [-0.3, -0.25) is 9.20 Å². The molecule has 32 heavy (non-hydrogen) atoms. The van der Waals surface area contributed by atoms with E-state index < -0.39 is 29.5 Å². The van der Waals surface area contributed by atoms with Crippen LogP contribution in [0.15, 0.2) is 48.9 Å². The molecule has 3 heterocycles. The maximum atomic E-state index is 14.9. The lowest BCUT2D eigenvalue weighted by Gasteiger charge is -2.26. The number of halogens is 4. The number of carbonyl (C=O) groups excluding carboxylic acids is 1. The summed E-state index contributed by atoms with van der Waals surface area (Å²) < 4.78 is 55.2. The molecule has 10 heteroatoms. The molecule has 1 amide bonds. The van der Waals surface area contributed by atoms with E-state index in [1.165, 1.54) is 35.6 Å². The summed E-state index contributed by atoms with van der Waals surface area (Å²) in [6.45, 7) is 0.377. The molecule has 2 aromatic carbocycles. The second-order valence-corrected chi connectivity index (χ2v) is 7.74. The van der Waals surface area contributed by atoms with Gasteiger partial charge in [-0.15, -0.1) is 0 Å². The minimum Gasteiger partial charge on any atom is -0.382 e. The monoisotopic (exact) mass is 443 g/mol. The van der Waals surface area contributed by atoms with E-state index in [2.05, 4.69) is 9.97 Å². The highest BCUT2D eigenvalue weighted by atomic mass is 19.4. The maximum absolute atomic E-state index is 14.9. The second kappa shape index (κ2) is 7.18. The molecule has 5 rings (SSSR count). The number of benzene rings is 2. The highest BCUT2D eigenvalue weighted by Gasteiger charge is 2.34. The van der Waals surface area contributed by atoms with Crippen molar-refractivity contribution in [1.29, 1.82) is 0 Å². The molecule has 0 saturated carbocycles. The SMILES string of the molecule is Nc1nc2cc(F)c(C(=O)N3CCC[C@H]3c3ccc(C(F)(F)F)cc3)cc2n2cncc12. The van der Waals surface area contributed by atoms with Crippen LogP contribution >= 0.6 is 0 Å². The molecule has 1 atom stereocenters. The van der Waals surface area contributed by atoms with E-state index in [4.69, 9.17) is 5.73 Å². The first-order chi connectivity index (χ1) is 15.2. The van der Waals surface area contributed by atoms with E-state index in [1.54, 1.807) is 4.40 Å². The fourth-order valence-corrected chi connectivity index (χ4v) is 4.27. The number of likely N-dealkylation sites (tertiary alicyclic amines) is 1. The molecule has 1 aliphatic heterocycles. The lowest BCUT2D eigenvalue weighted by Crippen LogP contribution is -2.31. The molecule has 1 aliphatic rings. The molecule has 4 aromatic rings. The number of rotatable bonds is 2. The third-order valence-corrected chi connectivity index (χ3v) is 5.83. The molecule has 2 N–H and O–H groups in total. The van der Waals surface area contributed by atoms with Crippen molar-refractivity contribution >= 4 is 28.3 Å². The van der Waals surface area contributed by atoms with Crippen molar-refractivity contribution in [3.05, 3.63) is 71.4 Å². The van der Waals surface area contributed by atoms with Crippen molar-refractivity contribution in [3.8, 4) is 0 Å². The average molecular weight is 443 g/mol. The molecule has 1 saturated heterocycles. The number of nitrogen functional groups attached to an aromatic ring is 1. The number of imidazole rings is 1. The van der Waals surface area contributed by atoms with Crippen LogP contribution in [-0.2, 0) is 6.18 Å². The van der Waals surface area contributed by atoms with Gasteiger partial charge < -0.3 is 10.6 Å². The van der Waals surface area contributed by atoms with Crippen LogP contribution in [0, 0.1) is 5.82 Å². The van der Waals surface area contributed by atoms with Crippen molar-refractivity contribution in [1.82, 2.24) is 19.3 Å². The Balaban J connectivity index is 1.53. The van der Waals surface area contributed by atoms with Gasteiger partial charge in [0.05, 0.1) is 40.7 Å².